The van der Waals surface area contributed by atoms with E-state index in [-0.39, 0.29) is 23.2 Å². The summed E-state index contributed by atoms with van der Waals surface area (Å²) in [4.78, 5) is 7.13. The van der Waals surface area contributed by atoms with E-state index in [4.69, 9.17) is 17.3 Å². The molecule has 22 heavy (non-hydrogen) atoms. The molecule has 1 aromatic carbocycles. The van der Waals surface area contributed by atoms with Gasteiger partial charge >= 0.3 is 17.1 Å². The van der Waals surface area contributed by atoms with Gasteiger partial charge in [-0.3, -0.25) is 0 Å². The van der Waals surface area contributed by atoms with Gasteiger partial charge in [0, 0.05) is 13.1 Å². The Balaban J connectivity index is 0.000000211. The third kappa shape index (κ3) is 6.45. The molecule has 1 aromatic heterocycles. The molecule has 3 rings (SSSR count). The van der Waals surface area contributed by atoms with E-state index >= 15 is 0 Å². The van der Waals surface area contributed by atoms with Gasteiger partial charge in [-0.05, 0) is 25.0 Å². The first kappa shape index (κ1) is 19.8. The first-order valence-electron chi connectivity index (χ1n) is 6.61. The average Bonchev–Trinajstić information content (AvgIpc) is 2.81. The van der Waals surface area contributed by atoms with Crippen molar-refractivity contribution >= 4 is 69.9 Å². The second-order valence-corrected chi connectivity index (χ2v) is 6.29. The average molecular weight is 423 g/mol. The first-order chi connectivity index (χ1) is 10.0. The summed E-state index contributed by atoms with van der Waals surface area (Å²) in [5, 5.41) is 11.8. The Bertz CT molecular complexity index is 569. The predicted molar refractivity (Wildman–Crippen MR) is 103 cm³/mol. The fourth-order valence-corrected chi connectivity index (χ4v) is 2.55. The van der Waals surface area contributed by atoms with Crippen LogP contribution >= 0.6 is 37.5 Å². The molecule has 2 aromatic rings. The topological polar surface area (TPSA) is 64.2 Å². The number of thiol groups is 2. The molecule has 0 saturated carbocycles. The van der Waals surface area contributed by atoms with E-state index in [0.717, 1.165) is 37.0 Å². The van der Waals surface area contributed by atoms with Crippen molar-refractivity contribution in [2.75, 3.05) is 13.1 Å². The van der Waals surface area contributed by atoms with Crippen LogP contribution < -0.4 is 5.43 Å². The molecule has 2 heterocycles. The zero-order valence-electron chi connectivity index (χ0n) is 11.9. The standard InChI is InChI=1S/C7H6N2S.C6H12N2OS2.H2Se/c10-7-8-5-3-1-2-4-6(5)9-7;9-5-1-3-8(4-2-5)7-6(10)11;/h1-4H,(H2,8,9,10);5,9H,1-4H2,(H2,7,10,11);1H2. The Morgan fingerprint density at radius 3 is 2.59 bits per heavy atom. The van der Waals surface area contributed by atoms with Crippen molar-refractivity contribution in [2.24, 2.45) is 0 Å². The van der Waals surface area contributed by atoms with E-state index in [2.05, 4.69) is 40.7 Å². The van der Waals surface area contributed by atoms with Crippen molar-refractivity contribution in [1.82, 2.24) is 20.4 Å². The van der Waals surface area contributed by atoms with Crippen molar-refractivity contribution in [3.63, 3.8) is 0 Å². The van der Waals surface area contributed by atoms with Crippen LogP contribution in [0.2, 0.25) is 0 Å². The van der Waals surface area contributed by atoms with Gasteiger partial charge in [-0.25, -0.2) is 9.99 Å². The molecule has 5 nitrogen and oxygen atoms in total. The summed E-state index contributed by atoms with van der Waals surface area (Å²) in [5.74, 6) is 0. The number of aromatic nitrogens is 2. The fraction of sp³-hybridized carbons (Fsp3) is 0.385. The molecule has 0 spiro atoms. The third-order valence-electron chi connectivity index (χ3n) is 3.10. The van der Waals surface area contributed by atoms with Gasteiger partial charge in [-0.2, -0.15) is 0 Å². The monoisotopic (exact) mass is 424 g/mol. The molecule has 0 unspecified atom stereocenters. The van der Waals surface area contributed by atoms with Crippen molar-refractivity contribution in [1.29, 1.82) is 0 Å². The number of hydrogen-bond donors (Lipinski definition) is 5. The number of hydrazine groups is 1. The van der Waals surface area contributed by atoms with Crippen molar-refractivity contribution in [3.8, 4) is 0 Å². The van der Waals surface area contributed by atoms with E-state index in [9.17, 15) is 0 Å². The number of thiocarbonyl (C=S) groups is 1. The third-order valence-corrected chi connectivity index (χ3v) is 3.50. The first-order valence-corrected chi connectivity index (χ1v) is 7.91. The number of piperidine rings is 1. The summed E-state index contributed by atoms with van der Waals surface area (Å²) in [7, 11) is 0. The molecular weight excluding hydrogens is 403 g/mol. The Labute approximate surface area is 156 Å². The van der Waals surface area contributed by atoms with Crippen molar-refractivity contribution in [2.45, 2.75) is 24.1 Å². The van der Waals surface area contributed by atoms with Crippen LogP contribution in [-0.2, 0) is 0 Å². The van der Waals surface area contributed by atoms with E-state index in [1.165, 1.54) is 0 Å². The van der Waals surface area contributed by atoms with Crippen LogP contribution in [0.25, 0.3) is 11.0 Å². The molecular formula is C13H20N4OS3Se. The van der Waals surface area contributed by atoms with E-state index in [1.54, 1.807) is 0 Å². The number of aliphatic hydroxyl groups excluding tert-OH is 1. The summed E-state index contributed by atoms with van der Waals surface area (Å²) >= 11 is 12.8. The van der Waals surface area contributed by atoms with Crippen LogP contribution in [0, 0.1) is 0 Å². The van der Waals surface area contributed by atoms with Crippen LogP contribution in [0.3, 0.4) is 0 Å². The van der Waals surface area contributed by atoms with Gasteiger partial charge in [-0.1, -0.05) is 24.4 Å². The second-order valence-electron chi connectivity index (χ2n) is 4.71. The SMILES string of the molecule is OC1CCN(NC(=S)S)CC1.Sc1nc2ccccc2[nH]1.[SeH2]. The van der Waals surface area contributed by atoms with Gasteiger partial charge in [0.15, 0.2) is 5.16 Å². The second kappa shape index (κ2) is 9.77. The Morgan fingerprint density at radius 2 is 2.00 bits per heavy atom. The number of hydrogen-bond acceptors (Lipinski definition) is 5. The summed E-state index contributed by atoms with van der Waals surface area (Å²) < 4.78 is 0.487. The molecule has 9 heteroatoms. The zero-order valence-corrected chi connectivity index (χ0v) is 16.6. The Kier molecular flexibility index (Phi) is 8.78. The predicted octanol–water partition coefficient (Wildman–Crippen LogP) is 1.10. The van der Waals surface area contributed by atoms with E-state index in [1.807, 2.05) is 29.3 Å². The quantitative estimate of drug-likeness (QED) is 0.270. The molecule has 0 bridgehead atoms. The summed E-state index contributed by atoms with van der Waals surface area (Å²) in [6, 6.07) is 7.84. The molecule has 1 aliphatic rings. The van der Waals surface area contributed by atoms with Gasteiger partial charge in [0.05, 0.1) is 17.1 Å². The molecule has 0 amide bonds. The van der Waals surface area contributed by atoms with Gasteiger partial charge in [-0.15, -0.1) is 25.3 Å². The van der Waals surface area contributed by atoms with Crippen LogP contribution in [0.15, 0.2) is 29.4 Å². The molecule has 0 atom stereocenters. The van der Waals surface area contributed by atoms with Crippen molar-refractivity contribution < 1.29 is 5.11 Å². The number of imidazole rings is 1. The fourth-order valence-electron chi connectivity index (χ4n) is 2.05. The number of benzene rings is 1. The van der Waals surface area contributed by atoms with E-state index < -0.39 is 0 Å². The maximum absolute atomic E-state index is 9.15. The molecule has 3 N–H and O–H groups in total. The van der Waals surface area contributed by atoms with Crippen LogP contribution in [0.5, 0.6) is 0 Å². The number of nitrogens with one attached hydrogen (secondary N) is 2. The number of rotatable bonds is 1. The minimum atomic E-state index is -0.137. The van der Waals surface area contributed by atoms with E-state index in [0.29, 0.717) is 9.48 Å². The molecule has 0 radical (unpaired) electrons. The Morgan fingerprint density at radius 1 is 1.36 bits per heavy atom. The molecule has 1 aliphatic heterocycles. The van der Waals surface area contributed by atoms with Crippen LogP contribution in [-0.4, -0.2) is 60.7 Å². The van der Waals surface area contributed by atoms with Gasteiger partial charge in [0.1, 0.15) is 4.32 Å². The molecule has 0 aliphatic carbocycles. The minimum absolute atomic E-state index is 0. The molecule has 1 fully saturated rings. The number of fused-ring (bicyclic) bond motifs is 1. The normalized spacial score (nSPS) is 15.6. The zero-order chi connectivity index (χ0) is 15.2. The Hall–Kier alpha value is -0.281. The summed E-state index contributed by atoms with van der Waals surface area (Å²) in [6.07, 6.45) is 1.48. The van der Waals surface area contributed by atoms with Crippen LogP contribution in [0.4, 0.5) is 0 Å². The number of aromatic amines is 1. The maximum atomic E-state index is 9.15. The van der Waals surface area contributed by atoms with Gasteiger partial charge < -0.3 is 15.5 Å². The number of aliphatic hydroxyl groups is 1. The molecule has 1 saturated heterocycles. The van der Waals surface area contributed by atoms with Crippen molar-refractivity contribution in [3.05, 3.63) is 24.3 Å². The number of para-hydroxylation sites is 2. The summed E-state index contributed by atoms with van der Waals surface area (Å²) in [5.41, 5.74) is 4.92. The summed E-state index contributed by atoms with van der Waals surface area (Å²) in [6.45, 7) is 1.67. The van der Waals surface area contributed by atoms with Gasteiger partial charge in [0.2, 0.25) is 0 Å². The number of H-pyrrole nitrogens is 1. The molecule has 122 valence electrons. The van der Waals surface area contributed by atoms with Gasteiger partial charge in [0.25, 0.3) is 0 Å². The number of nitrogens with zero attached hydrogens (tertiary/aromatic N) is 2. The van der Waals surface area contributed by atoms with Crippen LogP contribution in [0.1, 0.15) is 12.8 Å².